The number of rotatable bonds is 7. The zero-order valence-electron chi connectivity index (χ0n) is 14.8. The fourth-order valence-corrected chi connectivity index (χ4v) is 3.69. The summed E-state index contributed by atoms with van der Waals surface area (Å²) < 4.78 is 0. The van der Waals surface area contributed by atoms with E-state index in [0.717, 1.165) is 44.5 Å². The molecular weight excluding hydrogens is 308 g/mol. The molecule has 1 atom stereocenters. The second-order valence-electron chi connectivity index (χ2n) is 7.15. The molecule has 0 aliphatic carbocycles. The number of piperidine rings is 1. The number of hydrogen-bond acceptors (Lipinski definition) is 3. The van der Waals surface area contributed by atoms with Gasteiger partial charge in [-0.2, -0.15) is 0 Å². The van der Waals surface area contributed by atoms with Gasteiger partial charge in [-0.25, -0.2) is 0 Å². The summed E-state index contributed by atoms with van der Waals surface area (Å²) in [5.74, 6) is 0.598. The van der Waals surface area contributed by atoms with Gasteiger partial charge in [-0.1, -0.05) is 60.7 Å². The Hall–Kier alpha value is -1.97. The van der Waals surface area contributed by atoms with Crippen molar-refractivity contribution in [1.29, 1.82) is 0 Å². The summed E-state index contributed by atoms with van der Waals surface area (Å²) in [6.45, 7) is 2.87. The lowest BCUT2D eigenvalue weighted by Crippen LogP contribution is -2.44. The summed E-state index contributed by atoms with van der Waals surface area (Å²) in [6, 6.07) is 20.6. The van der Waals surface area contributed by atoms with Gasteiger partial charge in [0.25, 0.3) is 0 Å². The third-order valence-electron chi connectivity index (χ3n) is 5.10. The minimum Gasteiger partial charge on any atom is -0.326 e. The lowest BCUT2D eigenvalue weighted by Gasteiger charge is -2.33. The van der Waals surface area contributed by atoms with Crippen LogP contribution < -0.4 is 5.73 Å². The summed E-state index contributed by atoms with van der Waals surface area (Å²) in [7, 11) is 0. The zero-order valence-corrected chi connectivity index (χ0v) is 14.8. The molecule has 3 nitrogen and oxygen atoms in total. The van der Waals surface area contributed by atoms with Crippen LogP contribution in [0.2, 0.25) is 0 Å². The van der Waals surface area contributed by atoms with Crippen LogP contribution in [0.3, 0.4) is 0 Å². The van der Waals surface area contributed by atoms with Crippen molar-refractivity contribution in [3.05, 3.63) is 71.8 Å². The van der Waals surface area contributed by atoms with Crippen LogP contribution in [0, 0.1) is 5.92 Å². The molecule has 3 heteroatoms. The summed E-state index contributed by atoms with van der Waals surface area (Å²) >= 11 is 0. The van der Waals surface area contributed by atoms with Crippen molar-refractivity contribution in [3.63, 3.8) is 0 Å². The monoisotopic (exact) mass is 336 g/mol. The Balaban J connectivity index is 1.41. The minimum atomic E-state index is 0.152. The van der Waals surface area contributed by atoms with Crippen molar-refractivity contribution in [2.24, 2.45) is 11.7 Å². The van der Waals surface area contributed by atoms with E-state index in [1.54, 1.807) is 0 Å². The average molecular weight is 336 g/mol. The van der Waals surface area contributed by atoms with E-state index in [4.69, 9.17) is 5.73 Å². The molecule has 2 N–H and O–H groups in total. The number of hydrogen-bond donors (Lipinski definition) is 1. The molecule has 0 aromatic heterocycles. The van der Waals surface area contributed by atoms with Crippen molar-refractivity contribution in [3.8, 4) is 0 Å². The van der Waals surface area contributed by atoms with E-state index in [0.29, 0.717) is 12.2 Å². The first-order chi connectivity index (χ1) is 12.2. The predicted molar refractivity (Wildman–Crippen MR) is 102 cm³/mol. The predicted octanol–water partition coefficient (Wildman–Crippen LogP) is 3.08. The first-order valence-corrected chi connectivity index (χ1v) is 9.29. The molecule has 1 aliphatic heterocycles. The highest BCUT2D eigenvalue weighted by molar-refractivity contribution is 5.83. The molecule has 0 saturated carbocycles. The van der Waals surface area contributed by atoms with E-state index in [1.165, 1.54) is 5.56 Å². The van der Waals surface area contributed by atoms with Gasteiger partial charge in [0.05, 0.1) is 0 Å². The molecule has 2 aromatic rings. The Morgan fingerprint density at radius 1 is 0.960 bits per heavy atom. The molecule has 0 amide bonds. The number of benzene rings is 2. The van der Waals surface area contributed by atoms with E-state index in [9.17, 15) is 4.79 Å². The Bertz CT molecular complexity index is 648. The van der Waals surface area contributed by atoms with E-state index in [-0.39, 0.29) is 12.0 Å². The van der Waals surface area contributed by atoms with Crippen LogP contribution in [-0.2, 0) is 17.6 Å². The van der Waals surface area contributed by atoms with Gasteiger partial charge in [0.2, 0.25) is 0 Å². The van der Waals surface area contributed by atoms with Crippen LogP contribution in [0.1, 0.15) is 24.0 Å². The molecule has 1 heterocycles. The minimum absolute atomic E-state index is 0.152. The molecule has 25 heavy (non-hydrogen) atoms. The maximum atomic E-state index is 12.5. The Labute approximate surface area is 150 Å². The fraction of sp³-hybridized carbons (Fsp3) is 0.409. The summed E-state index contributed by atoms with van der Waals surface area (Å²) in [4.78, 5) is 14.9. The smallest absolute Gasteiger partial charge is 0.140 e. The fourth-order valence-electron chi connectivity index (χ4n) is 3.69. The zero-order chi connectivity index (χ0) is 17.5. The molecule has 1 fully saturated rings. The molecular formula is C22H28N2O. The first-order valence-electron chi connectivity index (χ1n) is 9.29. The second-order valence-corrected chi connectivity index (χ2v) is 7.15. The van der Waals surface area contributed by atoms with Crippen molar-refractivity contribution in [1.82, 2.24) is 4.90 Å². The molecule has 2 aromatic carbocycles. The molecule has 1 unspecified atom stereocenters. The van der Waals surface area contributed by atoms with E-state index in [1.807, 2.05) is 36.4 Å². The third-order valence-corrected chi connectivity index (χ3v) is 5.10. The molecule has 0 radical (unpaired) electrons. The van der Waals surface area contributed by atoms with Gasteiger partial charge in [0.1, 0.15) is 5.78 Å². The number of likely N-dealkylation sites (tertiary alicyclic amines) is 1. The molecule has 1 aliphatic rings. The second kappa shape index (κ2) is 8.93. The Morgan fingerprint density at radius 2 is 1.52 bits per heavy atom. The van der Waals surface area contributed by atoms with Gasteiger partial charge in [-0.05, 0) is 43.5 Å². The summed E-state index contributed by atoms with van der Waals surface area (Å²) in [5, 5.41) is 0. The number of carbonyl (C=O) groups is 1. The van der Waals surface area contributed by atoms with Crippen LogP contribution in [-0.4, -0.2) is 36.4 Å². The van der Waals surface area contributed by atoms with Crippen LogP contribution in [0.15, 0.2) is 60.7 Å². The lowest BCUT2D eigenvalue weighted by molar-refractivity contribution is -0.123. The third kappa shape index (κ3) is 5.52. The number of Topliss-reactive ketones (excluding diaryl/α,β-unsaturated/α-hetero) is 1. The maximum absolute atomic E-state index is 12.5. The molecule has 132 valence electrons. The Kier molecular flexibility index (Phi) is 6.37. The molecule has 0 spiro atoms. The molecule has 3 rings (SSSR count). The van der Waals surface area contributed by atoms with E-state index >= 15 is 0 Å². The topological polar surface area (TPSA) is 46.3 Å². The largest absolute Gasteiger partial charge is 0.326 e. The normalized spacial score (nSPS) is 17.3. The number of nitrogens with zero attached hydrogens (tertiary/aromatic N) is 1. The van der Waals surface area contributed by atoms with Gasteiger partial charge in [0, 0.05) is 24.9 Å². The van der Waals surface area contributed by atoms with Crippen molar-refractivity contribution in [2.45, 2.75) is 31.7 Å². The standard InChI is InChI=1S/C22H28N2O/c23-21(15-18-7-3-1-4-8-18)17-24-13-11-20(12-14-24)22(25)16-19-9-5-2-6-10-19/h1-10,20-21H,11-17,23H2. The number of ketones is 1. The average Bonchev–Trinajstić information content (AvgIpc) is 2.64. The van der Waals surface area contributed by atoms with Crippen molar-refractivity contribution < 1.29 is 4.79 Å². The van der Waals surface area contributed by atoms with Crippen LogP contribution in [0.4, 0.5) is 0 Å². The SMILES string of the molecule is NC(Cc1ccccc1)CN1CCC(C(=O)Cc2ccccc2)CC1. The lowest BCUT2D eigenvalue weighted by atomic mass is 9.89. The van der Waals surface area contributed by atoms with Gasteiger partial charge < -0.3 is 10.6 Å². The number of nitrogens with two attached hydrogens (primary N) is 1. The van der Waals surface area contributed by atoms with Crippen molar-refractivity contribution >= 4 is 5.78 Å². The quantitative estimate of drug-likeness (QED) is 0.845. The van der Waals surface area contributed by atoms with Gasteiger partial charge in [-0.15, -0.1) is 0 Å². The highest BCUT2D eigenvalue weighted by Gasteiger charge is 2.25. The van der Waals surface area contributed by atoms with Crippen LogP contribution in [0.5, 0.6) is 0 Å². The van der Waals surface area contributed by atoms with E-state index in [2.05, 4.69) is 29.2 Å². The summed E-state index contributed by atoms with van der Waals surface area (Å²) in [5.41, 5.74) is 8.74. The highest BCUT2D eigenvalue weighted by Crippen LogP contribution is 2.20. The first kappa shape index (κ1) is 17.8. The van der Waals surface area contributed by atoms with Gasteiger partial charge in [-0.3, -0.25) is 4.79 Å². The Morgan fingerprint density at radius 3 is 2.12 bits per heavy atom. The van der Waals surface area contributed by atoms with Crippen LogP contribution >= 0.6 is 0 Å². The number of carbonyl (C=O) groups excluding carboxylic acids is 1. The van der Waals surface area contributed by atoms with Gasteiger partial charge >= 0.3 is 0 Å². The highest BCUT2D eigenvalue weighted by atomic mass is 16.1. The maximum Gasteiger partial charge on any atom is 0.140 e. The van der Waals surface area contributed by atoms with Gasteiger partial charge in [0.15, 0.2) is 0 Å². The molecule has 0 bridgehead atoms. The van der Waals surface area contributed by atoms with Crippen molar-refractivity contribution in [2.75, 3.05) is 19.6 Å². The van der Waals surface area contributed by atoms with Crippen LogP contribution in [0.25, 0.3) is 0 Å². The summed E-state index contributed by atoms with van der Waals surface area (Å²) in [6.07, 6.45) is 3.40. The molecule has 1 saturated heterocycles. The van der Waals surface area contributed by atoms with E-state index < -0.39 is 0 Å².